The molecule has 0 bridgehead atoms. The largest absolute Gasteiger partial charge is 0.370 e. The number of ketones is 1. The van der Waals surface area contributed by atoms with Crippen LogP contribution in [0.25, 0.3) is 0 Å². The lowest BCUT2D eigenvalue weighted by Crippen LogP contribution is -2.40. The summed E-state index contributed by atoms with van der Waals surface area (Å²) < 4.78 is 19.7. The number of hydrogen-bond acceptors (Lipinski definition) is 2. The molecule has 0 atom stereocenters. The molecule has 0 N–H and O–H groups in total. The minimum absolute atomic E-state index is 0.0563. The van der Waals surface area contributed by atoms with E-state index in [4.69, 9.17) is 4.74 Å². The third kappa shape index (κ3) is 3.18. The first-order valence-electron chi connectivity index (χ1n) is 6.01. The second kappa shape index (κ2) is 6.43. The van der Waals surface area contributed by atoms with Gasteiger partial charge < -0.3 is 4.74 Å². The van der Waals surface area contributed by atoms with Crippen LogP contribution in [0.5, 0.6) is 0 Å². The Morgan fingerprint density at radius 2 is 2.00 bits per heavy atom. The molecule has 0 saturated heterocycles. The highest BCUT2D eigenvalue weighted by Gasteiger charge is 2.34. The highest BCUT2D eigenvalue weighted by Crippen LogP contribution is 2.24. The Bertz CT molecular complexity index is 420. The van der Waals surface area contributed by atoms with Crippen LogP contribution in [0.4, 0.5) is 4.39 Å². The molecular formula is C14H18BrFO2. The van der Waals surface area contributed by atoms with Crippen molar-refractivity contribution in [1.29, 1.82) is 0 Å². The maximum atomic E-state index is 13.6. The molecule has 18 heavy (non-hydrogen) atoms. The predicted octanol–water partition coefficient (Wildman–Crippen LogP) is 3.91. The van der Waals surface area contributed by atoms with Crippen molar-refractivity contribution in [2.24, 2.45) is 0 Å². The lowest BCUT2D eigenvalue weighted by atomic mass is 9.88. The van der Waals surface area contributed by atoms with Gasteiger partial charge in [-0.25, -0.2) is 4.39 Å². The molecule has 0 unspecified atom stereocenters. The summed E-state index contributed by atoms with van der Waals surface area (Å²) >= 11 is 3.28. The van der Waals surface area contributed by atoms with Gasteiger partial charge in [-0.2, -0.15) is 0 Å². The number of ether oxygens (including phenoxy) is 1. The van der Waals surface area contributed by atoms with Crippen molar-refractivity contribution in [3.05, 3.63) is 34.1 Å². The maximum Gasteiger partial charge on any atom is 0.169 e. The molecule has 4 heteroatoms. The summed E-state index contributed by atoms with van der Waals surface area (Å²) in [7, 11) is 1.53. The van der Waals surface area contributed by atoms with Crippen molar-refractivity contribution < 1.29 is 13.9 Å². The quantitative estimate of drug-likeness (QED) is 0.795. The van der Waals surface area contributed by atoms with Crippen molar-refractivity contribution in [3.8, 4) is 0 Å². The van der Waals surface area contributed by atoms with Gasteiger partial charge in [0.2, 0.25) is 0 Å². The number of hydrogen-bond donors (Lipinski definition) is 0. The van der Waals surface area contributed by atoms with E-state index >= 15 is 0 Å². The smallest absolute Gasteiger partial charge is 0.169 e. The number of carbonyl (C=O) groups excluding carboxylic acids is 1. The second-order valence-electron chi connectivity index (χ2n) is 4.24. The third-order valence-corrected chi connectivity index (χ3v) is 3.89. The molecule has 2 nitrogen and oxygen atoms in total. The molecule has 0 spiro atoms. The Kier molecular flexibility index (Phi) is 5.47. The molecule has 0 radical (unpaired) electrons. The molecule has 0 heterocycles. The zero-order chi connectivity index (χ0) is 13.8. The number of rotatable bonds is 6. The Hall–Kier alpha value is -0.740. The first kappa shape index (κ1) is 15.3. The van der Waals surface area contributed by atoms with E-state index in [1.54, 1.807) is 12.1 Å². The molecule has 0 aliphatic carbocycles. The van der Waals surface area contributed by atoms with E-state index in [1.165, 1.54) is 13.2 Å². The Morgan fingerprint density at radius 1 is 1.39 bits per heavy atom. The van der Waals surface area contributed by atoms with Crippen molar-refractivity contribution >= 4 is 21.7 Å². The number of halogens is 2. The van der Waals surface area contributed by atoms with Crippen LogP contribution in [0.15, 0.2) is 22.7 Å². The average molecular weight is 317 g/mol. The van der Waals surface area contributed by atoms with Gasteiger partial charge in [0.25, 0.3) is 0 Å². The summed E-state index contributed by atoms with van der Waals surface area (Å²) in [4.78, 5) is 12.3. The van der Waals surface area contributed by atoms with Crippen LogP contribution in [-0.4, -0.2) is 18.5 Å². The Morgan fingerprint density at radius 3 is 2.50 bits per heavy atom. The van der Waals surface area contributed by atoms with E-state index in [-0.39, 0.29) is 18.0 Å². The monoisotopic (exact) mass is 316 g/mol. The summed E-state index contributed by atoms with van der Waals surface area (Å²) in [6, 6.07) is 4.62. The summed E-state index contributed by atoms with van der Waals surface area (Å²) in [5, 5.41) is 0. The molecule has 1 aromatic carbocycles. The van der Waals surface area contributed by atoms with Gasteiger partial charge >= 0.3 is 0 Å². The maximum absolute atomic E-state index is 13.6. The molecule has 1 rings (SSSR count). The van der Waals surface area contributed by atoms with Crippen molar-refractivity contribution in [3.63, 3.8) is 0 Å². The van der Waals surface area contributed by atoms with E-state index in [2.05, 4.69) is 15.9 Å². The SMILES string of the molecule is CCC(CC)(OC)C(=O)Cc1cc(Br)ccc1F. The van der Waals surface area contributed by atoms with Crippen LogP contribution >= 0.6 is 15.9 Å². The zero-order valence-electron chi connectivity index (χ0n) is 10.9. The number of carbonyl (C=O) groups is 1. The first-order valence-corrected chi connectivity index (χ1v) is 6.80. The number of benzene rings is 1. The van der Waals surface area contributed by atoms with Crippen LogP contribution in [0, 0.1) is 5.82 Å². The molecule has 0 aliphatic rings. The van der Waals surface area contributed by atoms with Crippen LogP contribution in [0.2, 0.25) is 0 Å². The van der Waals surface area contributed by atoms with Crippen molar-refractivity contribution in [2.45, 2.75) is 38.7 Å². The molecule has 0 saturated carbocycles. The van der Waals surface area contributed by atoms with Gasteiger partial charge in [-0.3, -0.25) is 4.79 Å². The van der Waals surface area contributed by atoms with Gasteiger partial charge in [0.15, 0.2) is 5.78 Å². The second-order valence-corrected chi connectivity index (χ2v) is 5.16. The third-order valence-electron chi connectivity index (χ3n) is 3.40. The standard InChI is InChI=1S/C14H18BrFO2/c1-4-14(5-2,18-3)13(17)9-10-8-11(15)6-7-12(10)16/h6-8H,4-5,9H2,1-3H3. The average Bonchev–Trinajstić information content (AvgIpc) is 2.37. The summed E-state index contributed by atoms with van der Waals surface area (Å²) in [6.07, 6.45) is 1.24. The molecule has 1 aromatic rings. The van der Waals surface area contributed by atoms with Crippen LogP contribution < -0.4 is 0 Å². The van der Waals surface area contributed by atoms with Gasteiger partial charge in [0, 0.05) is 18.0 Å². The summed E-state index contributed by atoms with van der Waals surface area (Å²) in [6.45, 7) is 3.81. The van der Waals surface area contributed by atoms with E-state index < -0.39 is 5.60 Å². The Labute approximate surface area is 116 Å². The summed E-state index contributed by atoms with van der Waals surface area (Å²) in [5.41, 5.74) is -0.396. The topological polar surface area (TPSA) is 26.3 Å². The highest BCUT2D eigenvalue weighted by molar-refractivity contribution is 9.10. The van der Waals surface area contributed by atoms with Crippen LogP contribution in [0.3, 0.4) is 0 Å². The van der Waals surface area contributed by atoms with Gasteiger partial charge in [-0.15, -0.1) is 0 Å². The van der Waals surface area contributed by atoms with E-state index in [0.717, 1.165) is 4.47 Å². The lowest BCUT2D eigenvalue weighted by molar-refractivity contribution is -0.141. The fourth-order valence-electron chi connectivity index (χ4n) is 2.06. The zero-order valence-corrected chi connectivity index (χ0v) is 12.5. The van der Waals surface area contributed by atoms with Gasteiger partial charge in [0.1, 0.15) is 11.4 Å². The van der Waals surface area contributed by atoms with Crippen molar-refractivity contribution in [1.82, 2.24) is 0 Å². The highest BCUT2D eigenvalue weighted by atomic mass is 79.9. The van der Waals surface area contributed by atoms with E-state index in [0.29, 0.717) is 18.4 Å². The molecular weight excluding hydrogens is 299 g/mol. The fourth-order valence-corrected chi connectivity index (χ4v) is 2.47. The lowest BCUT2D eigenvalue weighted by Gasteiger charge is -2.28. The van der Waals surface area contributed by atoms with Crippen molar-refractivity contribution in [2.75, 3.05) is 7.11 Å². The molecule has 0 aromatic heterocycles. The molecule has 0 amide bonds. The van der Waals surface area contributed by atoms with Gasteiger partial charge in [0.05, 0.1) is 0 Å². The minimum atomic E-state index is -0.797. The minimum Gasteiger partial charge on any atom is -0.370 e. The molecule has 100 valence electrons. The molecule has 0 aliphatic heterocycles. The Balaban J connectivity index is 2.96. The predicted molar refractivity (Wildman–Crippen MR) is 73.1 cm³/mol. The van der Waals surface area contributed by atoms with Crippen LogP contribution in [-0.2, 0) is 16.0 Å². The normalized spacial score (nSPS) is 11.6. The van der Waals surface area contributed by atoms with Gasteiger partial charge in [-0.1, -0.05) is 29.8 Å². The summed E-state index contributed by atoms with van der Waals surface area (Å²) in [5.74, 6) is -0.434. The number of Topliss-reactive ketones (excluding diaryl/α,β-unsaturated/α-hetero) is 1. The number of methoxy groups -OCH3 is 1. The fraction of sp³-hybridized carbons (Fsp3) is 0.500. The molecule has 0 fully saturated rings. The van der Waals surface area contributed by atoms with Gasteiger partial charge in [-0.05, 0) is 36.6 Å². The van der Waals surface area contributed by atoms with Crippen LogP contribution in [0.1, 0.15) is 32.3 Å². The van der Waals surface area contributed by atoms with E-state index in [1.807, 2.05) is 13.8 Å². The van der Waals surface area contributed by atoms with E-state index in [9.17, 15) is 9.18 Å². The first-order chi connectivity index (χ1) is 8.49.